The topological polar surface area (TPSA) is 40.5 Å². The maximum absolute atomic E-state index is 10.2. The van der Waals surface area contributed by atoms with E-state index in [0.717, 1.165) is 22.3 Å². The van der Waals surface area contributed by atoms with Crippen molar-refractivity contribution in [3.05, 3.63) is 76.1 Å². The molecule has 0 amide bonds. The number of hydrogen-bond acceptors (Lipinski definition) is 2. The fourth-order valence-electron chi connectivity index (χ4n) is 3.13. The summed E-state index contributed by atoms with van der Waals surface area (Å²) in [6.45, 7) is 0. The van der Waals surface area contributed by atoms with Gasteiger partial charge in [-0.1, -0.05) is 36.4 Å². The summed E-state index contributed by atoms with van der Waals surface area (Å²) in [6.07, 6.45) is 8.94. The molecule has 0 heterocycles. The van der Waals surface area contributed by atoms with Crippen LogP contribution < -0.4 is 0 Å². The molecule has 0 spiro atoms. The number of hydrogen-bond donors (Lipinski definition) is 2. The highest BCUT2D eigenvalue weighted by atomic mass is 16.3. The highest BCUT2D eigenvalue weighted by molar-refractivity contribution is 5.72. The second-order valence-corrected chi connectivity index (χ2v) is 4.90. The van der Waals surface area contributed by atoms with Crippen LogP contribution >= 0.6 is 0 Å². The Morgan fingerprint density at radius 3 is 2.83 bits per heavy atom. The quantitative estimate of drug-likeness (QED) is 0.726. The fourth-order valence-corrected chi connectivity index (χ4v) is 3.13. The molecule has 1 aromatic carbocycles. The maximum Gasteiger partial charge on any atom is 0.119 e. The minimum atomic E-state index is -0.632. The van der Waals surface area contributed by atoms with Crippen molar-refractivity contribution in [3.8, 4) is 0 Å². The average molecular weight is 236 g/mol. The molecule has 2 heteroatoms. The van der Waals surface area contributed by atoms with Crippen LogP contribution in [0.5, 0.6) is 0 Å². The van der Waals surface area contributed by atoms with Gasteiger partial charge in [-0.15, -0.1) is 0 Å². The minimum Gasteiger partial charge on any atom is -0.508 e. The second-order valence-electron chi connectivity index (χ2n) is 4.90. The normalized spacial score (nSPS) is 27.1. The number of benzene rings is 1. The van der Waals surface area contributed by atoms with Crippen molar-refractivity contribution in [2.75, 3.05) is 0 Å². The van der Waals surface area contributed by atoms with Crippen LogP contribution in [-0.4, -0.2) is 10.2 Å². The van der Waals surface area contributed by atoms with Gasteiger partial charge in [-0.3, -0.25) is 0 Å². The molecule has 88 valence electrons. The molecule has 0 saturated heterocycles. The zero-order valence-corrected chi connectivity index (χ0v) is 9.67. The van der Waals surface area contributed by atoms with E-state index in [0.29, 0.717) is 0 Å². The second kappa shape index (κ2) is 3.24. The lowest BCUT2D eigenvalue weighted by Crippen LogP contribution is -2.21. The van der Waals surface area contributed by atoms with E-state index in [1.165, 1.54) is 5.57 Å². The van der Waals surface area contributed by atoms with Crippen LogP contribution in [0.2, 0.25) is 0 Å². The lowest BCUT2D eigenvalue weighted by atomic mass is 9.70. The zero-order chi connectivity index (χ0) is 12.3. The monoisotopic (exact) mass is 236 g/mol. The zero-order valence-electron chi connectivity index (χ0n) is 9.67. The minimum absolute atomic E-state index is 0.0783. The standard InChI is InChI=1S/C16H12O2/c17-13-7-6-10-5-4-9-2-1-3-11-14(18)8-12(13)16(10)15(9)11/h1-8,14,16-18H. The lowest BCUT2D eigenvalue weighted by Gasteiger charge is -2.35. The Morgan fingerprint density at radius 1 is 1.06 bits per heavy atom. The number of aliphatic hydroxyl groups is 2. The van der Waals surface area contributed by atoms with Crippen LogP contribution in [0.4, 0.5) is 0 Å². The van der Waals surface area contributed by atoms with Crippen LogP contribution in [0.1, 0.15) is 28.7 Å². The van der Waals surface area contributed by atoms with Crippen molar-refractivity contribution >= 4 is 6.08 Å². The van der Waals surface area contributed by atoms with Gasteiger partial charge in [0, 0.05) is 11.5 Å². The maximum atomic E-state index is 10.2. The van der Waals surface area contributed by atoms with Crippen molar-refractivity contribution in [2.45, 2.75) is 12.0 Å². The van der Waals surface area contributed by atoms with Gasteiger partial charge in [-0.25, -0.2) is 0 Å². The lowest BCUT2D eigenvalue weighted by molar-refractivity contribution is 0.221. The summed E-state index contributed by atoms with van der Waals surface area (Å²) in [5.74, 6) is 0.341. The van der Waals surface area contributed by atoms with Crippen LogP contribution in [0.25, 0.3) is 6.08 Å². The van der Waals surface area contributed by atoms with Crippen molar-refractivity contribution in [1.82, 2.24) is 0 Å². The molecule has 2 atom stereocenters. The molecule has 0 radical (unpaired) electrons. The third-order valence-corrected chi connectivity index (χ3v) is 3.95. The Labute approximate surface area is 105 Å². The Balaban J connectivity index is 2.09. The Kier molecular flexibility index (Phi) is 1.78. The molecule has 1 aromatic rings. The summed E-state index contributed by atoms with van der Waals surface area (Å²) in [7, 11) is 0. The molecule has 3 aliphatic carbocycles. The predicted molar refractivity (Wildman–Crippen MR) is 70.1 cm³/mol. The van der Waals surface area contributed by atoms with Gasteiger partial charge in [0.15, 0.2) is 0 Å². The Morgan fingerprint density at radius 2 is 1.94 bits per heavy atom. The average Bonchev–Trinajstić information content (AvgIpc) is 2.40. The van der Waals surface area contributed by atoms with Crippen molar-refractivity contribution in [2.24, 2.45) is 0 Å². The van der Waals surface area contributed by atoms with E-state index < -0.39 is 6.10 Å². The van der Waals surface area contributed by atoms with Crippen molar-refractivity contribution < 1.29 is 10.2 Å². The molecule has 18 heavy (non-hydrogen) atoms. The number of aliphatic hydroxyl groups excluding tert-OH is 2. The van der Waals surface area contributed by atoms with Crippen LogP contribution in [0.15, 0.2) is 59.4 Å². The molecule has 2 unspecified atom stereocenters. The third kappa shape index (κ3) is 1.11. The van der Waals surface area contributed by atoms with E-state index in [2.05, 4.69) is 18.2 Å². The largest absolute Gasteiger partial charge is 0.508 e. The van der Waals surface area contributed by atoms with Gasteiger partial charge in [0.2, 0.25) is 0 Å². The molecule has 3 aliphatic rings. The van der Waals surface area contributed by atoms with Crippen LogP contribution in [0, 0.1) is 0 Å². The summed E-state index contributed by atoms with van der Waals surface area (Å²) >= 11 is 0. The van der Waals surface area contributed by atoms with Gasteiger partial charge in [-0.05, 0) is 34.4 Å². The first-order valence-electron chi connectivity index (χ1n) is 6.07. The summed E-state index contributed by atoms with van der Waals surface area (Å²) < 4.78 is 0. The molecule has 0 fully saturated rings. The van der Waals surface area contributed by atoms with Gasteiger partial charge < -0.3 is 10.2 Å². The summed E-state index contributed by atoms with van der Waals surface area (Å²) in [5.41, 5.74) is 5.21. The van der Waals surface area contributed by atoms with E-state index in [9.17, 15) is 10.2 Å². The summed E-state index contributed by atoms with van der Waals surface area (Å²) in [4.78, 5) is 0. The highest BCUT2D eigenvalue weighted by Gasteiger charge is 2.35. The molecule has 2 N–H and O–H groups in total. The van der Waals surface area contributed by atoms with E-state index in [4.69, 9.17) is 0 Å². The first-order chi connectivity index (χ1) is 8.75. The van der Waals surface area contributed by atoms with Crippen LogP contribution in [-0.2, 0) is 0 Å². The number of rotatable bonds is 0. The number of allylic oxidation sites excluding steroid dienone is 5. The van der Waals surface area contributed by atoms with E-state index in [-0.39, 0.29) is 11.7 Å². The first kappa shape index (κ1) is 9.92. The molecule has 4 rings (SSSR count). The van der Waals surface area contributed by atoms with E-state index in [1.54, 1.807) is 12.2 Å². The highest BCUT2D eigenvalue weighted by Crippen LogP contribution is 2.49. The predicted octanol–water partition coefficient (Wildman–Crippen LogP) is 3.15. The molecule has 0 saturated carbocycles. The van der Waals surface area contributed by atoms with Gasteiger partial charge >= 0.3 is 0 Å². The Bertz CT molecular complexity index is 674. The van der Waals surface area contributed by atoms with Crippen molar-refractivity contribution in [3.63, 3.8) is 0 Å². The van der Waals surface area contributed by atoms with Gasteiger partial charge in [0.25, 0.3) is 0 Å². The van der Waals surface area contributed by atoms with E-state index in [1.807, 2.05) is 18.2 Å². The molecular formula is C16H12O2. The van der Waals surface area contributed by atoms with Gasteiger partial charge in [-0.2, -0.15) is 0 Å². The van der Waals surface area contributed by atoms with E-state index >= 15 is 0 Å². The molecule has 2 nitrogen and oxygen atoms in total. The summed E-state index contributed by atoms with van der Waals surface area (Å²) in [5, 5.41) is 20.2. The van der Waals surface area contributed by atoms with Gasteiger partial charge in [0.05, 0.1) is 6.10 Å². The molecule has 0 aliphatic heterocycles. The fraction of sp³-hybridized carbons (Fsp3) is 0.125. The first-order valence-corrected chi connectivity index (χ1v) is 6.07. The molecule has 0 bridgehead atoms. The smallest absolute Gasteiger partial charge is 0.119 e. The third-order valence-electron chi connectivity index (χ3n) is 3.95. The van der Waals surface area contributed by atoms with Gasteiger partial charge in [0.1, 0.15) is 5.76 Å². The molecular weight excluding hydrogens is 224 g/mol. The molecule has 0 aromatic heterocycles. The van der Waals surface area contributed by atoms with Crippen molar-refractivity contribution in [1.29, 1.82) is 0 Å². The van der Waals surface area contributed by atoms with Crippen LogP contribution in [0.3, 0.4) is 0 Å². The Hall–Kier alpha value is -2.06. The SMILES string of the molecule is OC1=CC=C2C=Cc3cccc4c3C2C1=CC4O. The summed E-state index contributed by atoms with van der Waals surface area (Å²) in [6, 6.07) is 5.98.